The Morgan fingerprint density at radius 3 is 2.69 bits per heavy atom. The summed E-state index contributed by atoms with van der Waals surface area (Å²) >= 11 is 5.47. The van der Waals surface area contributed by atoms with Crippen molar-refractivity contribution in [2.24, 2.45) is 5.73 Å². The number of carboxylic acids is 1. The molecule has 3 rings (SSSR count). The van der Waals surface area contributed by atoms with Crippen LogP contribution in [0.2, 0.25) is 0 Å². The van der Waals surface area contributed by atoms with Crippen LogP contribution < -0.4 is 16.4 Å². The van der Waals surface area contributed by atoms with E-state index in [9.17, 15) is 24.3 Å². The summed E-state index contributed by atoms with van der Waals surface area (Å²) in [6, 6.07) is 4.11. The first-order chi connectivity index (χ1) is 17.3. The quantitative estimate of drug-likeness (QED) is 0.219. The fraction of sp³-hybridized carbons (Fsp3) is 0.500. The fourth-order valence-electron chi connectivity index (χ4n) is 4.37. The van der Waals surface area contributed by atoms with Crippen LogP contribution in [0.25, 0.3) is 10.9 Å². The zero-order valence-electron chi connectivity index (χ0n) is 20.1. The van der Waals surface area contributed by atoms with Crippen molar-refractivity contribution < 1.29 is 24.3 Å². The van der Waals surface area contributed by atoms with E-state index in [1.165, 1.54) is 16.7 Å². The summed E-state index contributed by atoms with van der Waals surface area (Å²) in [5, 5.41) is 15.4. The zero-order chi connectivity index (χ0) is 26.2. The molecule has 0 radical (unpaired) electrons. The predicted molar refractivity (Wildman–Crippen MR) is 143 cm³/mol. The highest BCUT2D eigenvalue weighted by Crippen LogP contribution is 2.22. The molecule has 36 heavy (non-hydrogen) atoms. The van der Waals surface area contributed by atoms with Gasteiger partial charge in [0.25, 0.3) is 0 Å². The Morgan fingerprint density at radius 1 is 1.25 bits per heavy atom. The molecule has 0 spiro atoms. The van der Waals surface area contributed by atoms with Crippen molar-refractivity contribution in [1.29, 1.82) is 0 Å². The molecule has 0 saturated carbocycles. The van der Waals surface area contributed by atoms with E-state index >= 15 is 0 Å². The standard InChI is InChI=1S/C24H33N5O5S2/c1-36-10-8-18(21(30)28-19(13-35)24(33)34)27-22(31)20-7-4-9-29(20)23(32)16(25)11-14-12-26-17-6-3-2-5-15(14)17/h2-3,5-6,12,16,18-20,26,35H,4,7-11,13,25H2,1H3,(H,27,31)(H,28,30)(H,33,34). The molecule has 1 aromatic heterocycles. The van der Waals surface area contributed by atoms with Crippen LogP contribution in [0, 0.1) is 0 Å². The second-order valence-electron chi connectivity index (χ2n) is 8.78. The number of carbonyl (C=O) groups excluding carboxylic acids is 3. The lowest BCUT2D eigenvalue weighted by molar-refractivity contribution is -0.142. The van der Waals surface area contributed by atoms with Crippen LogP contribution in [-0.2, 0) is 25.6 Å². The monoisotopic (exact) mass is 535 g/mol. The van der Waals surface area contributed by atoms with Crippen LogP contribution in [0.5, 0.6) is 0 Å². The number of benzene rings is 1. The highest BCUT2D eigenvalue weighted by molar-refractivity contribution is 7.98. The van der Waals surface area contributed by atoms with Crippen LogP contribution in [0.4, 0.5) is 0 Å². The second kappa shape index (κ2) is 13.0. The van der Waals surface area contributed by atoms with Gasteiger partial charge in [-0.2, -0.15) is 24.4 Å². The molecule has 3 amide bonds. The van der Waals surface area contributed by atoms with Gasteiger partial charge in [0, 0.05) is 29.4 Å². The molecule has 0 bridgehead atoms. The SMILES string of the molecule is CSCCC(NC(=O)C1CCCN1C(=O)C(N)Cc1c[nH]c2ccccc12)C(=O)NC(CS)C(=O)O. The van der Waals surface area contributed by atoms with Crippen LogP contribution >= 0.6 is 24.4 Å². The lowest BCUT2D eigenvalue weighted by Crippen LogP contribution is -2.57. The number of aromatic nitrogens is 1. The van der Waals surface area contributed by atoms with E-state index in [2.05, 4.69) is 28.2 Å². The number of nitrogens with zero attached hydrogens (tertiary/aromatic N) is 1. The Balaban J connectivity index is 1.66. The number of thioether (sulfide) groups is 1. The van der Waals surface area contributed by atoms with Gasteiger partial charge in [-0.15, -0.1) is 0 Å². The Kier molecular flexibility index (Phi) is 10.1. The molecule has 2 heterocycles. The van der Waals surface area contributed by atoms with Gasteiger partial charge in [0.15, 0.2) is 0 Å². The van der Waals surface area contributed by atoms with Crippen LogP contribution in [0.15, 0.2) is 30.5 Å². The number of hydrogen-bond donors (Lipinski definition) is 6. The normalized spacial score (nSPS) is 18.0. The van der Waals surface area contributed by atoms with Gasteiger partial charge in [-0.1, -0.05) is 18.2 Å². The summed E-state index contributed by atoms with van der Waals surface area (Å²) in [6.07, 6.45) is 5.47. The summed E-state index contributed by atoms with van der Waals surface area (Å²) in [7, 11) is 0. The molecule has 1 saturated heterocycles. The van der Waals surface area contributed by atoms with Gasteiger partial charge in [-0.3, -0.25) is 14.4 Å². The molecule has 2 aromatic rings. The predicted octanol–water partition coefficient (Wildman–Crippen LogP) is 0.766. The third-order valence-corrected chi connectivity index (χ3v) is 7.32. The molecule has 1 aliphatic rings. The number of fused-ring (bicyclic) bond motifs is 1. The van der Waals surface area contributed by atoms with E-state index < -0.39 is 42.0 Å². The molecular weight excluding hydrogens is 502 g/mol. The molecule has 1 fully saturated rings. The van der Waals surface area contributed by atoms with Gasteiger partial charge in [-0.25, -0.2) is 4.79 Å². The maximum Gasteiger partial charge on any atom is 0.327 e. The molecule has 6 N–H and O–H groups in total. The maximum absolute atomic E-state index is 13.2. The number of thiol groups is 1. The Hall–Kier alpha value is -2.70. The minimum absolute atomic E-state index is 0.0799. The first-order valence-corrected chi connectivity index (χ1v) is 13.8. The van der Waals surface area contributed by atoms with Crippen molar-refractivity contribution >= 4 is 59.0 Å². The topological polar surface area (TPSA) is 158 Å². The number of aromatic amines is 1. The van der Waals surface area contributed by atoms with Crippen molar-refractivity contribution in [3.63, 3.8) is 0 Å². The van der Waals surface area contributed by atoms with E-state index in [0.717, 1.165) is 16.5 Å². The second-order valence-corrected chi connectivity index (χ2v) is 10.1. The van der Waals surface area contributed by atoms with Gasteiger partial charge >= 0.3 is 5.97 Å². The van der Waals surface area contributed by atoms with E-state index in [-0.39, 0.29) is 11.7 Å². The van der Waals surface area contributed by atoms with E-state index in [4.69, 9.17) is 5.73 Å². The van der Waals surface area contributed by atoms with Gasteiger partial charge in [0.05, 0.1) is 6.04 Å². The maximum atomic E-state index is 13.2. The molecule has 1 aromatic carbocycles. The number of nitrogens with two attached hydrogens (primary N) is 1. The van der Waals surface area contributed by atoms with Crippen molar-refractivity contribution in [3.8, 4) is 0 Å². The fourth-order valence-corrected chi connectivity index (χ4v) is 5.09. The summed E-state index contributed by atoms with van der Waals surface area (Å²) in [5.74, 6) is -2.05. The molecule has 0 aliphatic carbocycles. The highest BCUT2D eigenvalue weighted by atomic mass is 32.2. The summed E-state index contributed by atoms with van der Waals surface area (Å²) in [5.41, 5.74) is 8.18. The molecular formula is C24H33N5O5S2. The number of amides is 3. The summed E-state index contributed by atoms with van der Waals surface area (Å²) < 4.78 is 0. The zero-order valence-corrected chi connectivity index (χ0v) is 21.8. The minimum atomic E-state index is -1.20. The number of likely N-dealkylation sites (tertiary alicyclic amines) is 1. The van der Waals surface area contributed by atoms with Crippen molar-refractivity contribution in [2.45, 2.75) is 49.9 Å². The number of carboxylic acid groups (broad SMARTS) is 1. The first kappa shape index (κ1) is 27.9. The third-order valence-electron chi connectivity index (χ3n) is 6.31. The molecule has 4 unspecified atom stereocenters. The van der Waals surface area contributed by atoms with Gasteiger partial charge in [0.1, 0.15) is 18.1 Å². The van der Waals surface area contributed by atoms with Crippen molar-refractivity contribution in [2.75, 3.05) is 24.3 Å². The van der Waals surface area contributed by atoms with E-state index in [1.54, 1.807) is 0 Å². The molecule has 196 valence electrons. The van der Waals surface area contributed by atoms with E-state index in [0.29, 0.717) is 38.0 Å². The first-order valence-electron chi connectivity index (χ1n) is 11.8. The number of aliphatic carboxylic acids is 1. The van der Waals surface area contributed by atoms with Crippen molar-refractivity contribution in [3.05, 3.63) is 36.0 Å². The average molecular weight is 536 g/mol. The molecule has 10 nitrogen and oxygen atoms in total. The van der Waals surface area contributed by atoms with E-state index in [1.807, 2.05) is 36.7 Å². The molecule has 4 atom stereocenters. The third kappa shape index (κ3) is 6.74. The van der Waals surface area contributed by atoms with Crippen LogP contribution in [0.1, 0.15) is 24.8 Å². The number of para-hydroxylation sites is 1. The molecule has 1 aliphatic heterocycles. The lowest BCUT2D eigenvalue weighted by Gasteiger charge is -2.28. The number of carbonyl (C=O) groups is 4. The lowest BCUT2D eigenvalue weighted by atomic mass is 10.0. The van der Waals surface area contributed by atoms with Gasteiger partial charge in [-0.05, 0) is 49.3 Å². The highest BCUT2D eigenvalue weighted by Gasteiger charge is 2.38. The number of nitrogens with one attached hydrogen (secondary N) is 3. The number of H-pyrrole nitrogens is 1. The van der Waals surface area contributed by atoms with Crippen LogP contribution in [-0.4, -0.2) is 87.2 Å². The van der Waals surface area contributed by atoms with Gasteiger partial charge < -0.3 is 31.4 Å². The summed E-state index contributed by atoms with van der Waals surface area (Å²) in [6.45, 7) is 0.404. The summed E-state index contributed by atoms with van der Waals surface area (Å²) in [4.78, 5) is 55.1. The largest absolute Gasteiger partial charge is 0.480 e. The minimum Gasteiger partial charge on any atom is -0.480 e. The van der Waals surface area contributed by atoms with Gasteiger partial charge in [0.2, 0.25) is 17.7 Å². The smallest absolute Gasteiger partial charge is 0.327 e. The Morgan fingerprint density at radius 2 is 2.00 bits per heavy atom. The number of rotatable bonds is 12. The average Bonchev–Trinajstić information content (AvgIpc) is 3.52. The molecule has 12 heteroatoms. The number of hydrogen-bond acceptors (Lipinski definition) is 7. The van der Waals surface area contributed by atoms with Crippen molar-refractivity contribution in [1.82, 2.24) is 20.5 Å². The Labute approximate surface area is 219 Å². The Bertz CT molecular complexity index is 1090. The van der Waals surface area contributed by atoms with Crippen LogP contribution in [0.3, 0.4) is 0 Å².